The lowest BCUT2D eigenvalue weighted by molar-refractivity contribution is 0.311. The molecule has 2 N–H and O–H groups in total. The molecule has 5 nitrogen and oxygen atoms in total. The largest absolute Gasteiger partial charge is 0.493 e. The molecule has 2 unspecified atom stereocenters. The number of guanidine groups is 1. The second kappa shape index (κ2) is 9.90. The maximum Gasteiger partial charge on any atom is 0.195 e. The highest BCUT2D eigenvalue weighted by Gasteiger charge is 2.42. The second-order valence-corrected chi connectivity index (χ2v) is 6.22. The fourth-order valence-corrected chi connectivity index (χ4v) is 3.03. The summed E-state index contributed by atoms with van der Waals surface area (Å²) in [7, 11) is 3.23. The number of anilines is 1. The summed E-state index contributed by atoms with van der Waals surface area (Å²) in [6.45, 7) is 2.42. The maximum absolute atomic E-state index is 13.9. The van der Waals surface area contributed by atoms with Crippen LogP contribution in [0, 0.1) is 11.6 Å². The van der Waals surface area contributed by atoms with Crippen molar-refractivity contribution in [2.24, 2.45) is 4.99 Å². The topological polar surface area (TPSA) is 54.9 Å². The van der Waals surface area contributed by atoms with Gasteiger partial charge in [-0.15, -0.1) is 24.0 Å². The van der Waals surface area contributed by atoms with Crippen molar-refractivity contribution in [1.82, 2.24) is 5.32 Å². The first kappa shape index (κ1) is 22.2. The van der Waals surface area contributed by atoms with Crippen molar-refractivity contribution in [1.29, 1.82) is 0 Å². The molecule has 1 fully saturated rings. The van der Waals surface area contributed by atoms with Crippen LogP contribution >= 0.6 is 24.0 Å². The minimum Gasteiger partial charge on any atom is -0.493 e. The van der Waals surface area contributed by atoms with Crippen LogP contribution < -0.4 is 20.1 Å². The first-order valence-electron chi connectivity index (χ1n) is 8.82. The minimum atomic E-state index is -0.510. The number of nitrogens with zero attached hydrogens (tertiary/aromatic N) is 1. The van der Waals surface area contributed by atoms with Gasteiger partial charge in [0.2, 0.25) is 0 Å². The Morgan fingerprint density at radius 3 is 2.50 bits per heavy atom. The fraction of sp³-hybridized carbons (Fsp3) is 0.350. The number of nitrogens with one attached hydrogen (secondary N) is 2. The highest BCUT2D eigenvalue weighted by Crippen LogP contribution is 2.43. The van der Waals surface area contributed by atoms with Crippen LogP contribution in [0.1, 0.15) is 24.8 Å². The summed E-state index contributed by atoms with van der Waals surface area (Å²) in [5, 5.41) is 6.37. The van der Waals surface area contributed by atoms with E-state index in [0.717, 1.165) is 5.69 Å². The summed E-state index contributed by atoms with van der Waals surface area (Å²) in [4.78, 5) is 4.19. The van der Waals surface area contributed by atoms with Gasteiger partial charge in [0, 0.05) is 36.3 Å². The molecule has 152 valence electrons. The zero-order chi connectivity index (χ0) is 19.4. The van der Waals surface area contributed by atoms with Crippen LogP contribution in [0.25, 0.3) is 0 Å². The molecular weight excluding hydrogens is 479 g/mol. The number of rotatable bonds is 6. The number of halogens is 3. The van der Waals surface area contributed by atoms with E-state index in [4.69, 9.17) is 9.47 Å². The van der Waals surface area contributed by atoms with Gasteiger partial charge in [-0.1, -0.05) is 6.07 Å². The summed E-state index contributed by atoms with van der Waals surface area (Å²) in [5.41, 5.74) is 0.898. The first-order chi connectivity index (χ1) is 13.1. The number of benzene rings is 2. The van der Waals surface area contributed by atoms with E-state index in [-0.39, 0.29) is 41.5 Å². The lowest BCUT2D eigenvalue weighted by Crippen LogP contribution is -2.33. The standard InChI is InChI=1S/C20H23F2N3O2.HI/c1-4-27-18-10-12(8-9-17(18)26-3)24-20(23-2)25-16-11-13(16)19-14(21)6-5-7-15(19)22;/h5-10,13,16H,4,11H2,1-3H3,(H2,23,24,25);1H. The van der Waals surface area contributed by atoms with Crippen molar-refractivity contribution < 1.29 is 18.3 Å². The van der Waals surface area contributed by atoms with Crippen LogP contribution in [-0.2, 0) is 0 Å². The van der Waals surface area contributed by atoms with Gasteiger partial charge in [0.25, 0.3) is 0 Å². The molecule has 8 heteroatoms. The minimum absolute atomic E-state index is 0. The van der Waals surface area contributed by atoms with Gasteiger partial charge >= 0.3 is 0 Å². The molecular formula is C20H24F2IN3O2. The third-order valence-corrected chi connectivity index (χ3v) is 4.43. The molecule has 2 aromatic rings. The first-order valence-corrected chi connectivity index (χ1v) is 8.82. The highest BCUT2D eigenvalue weighted by atomic mass is 127. The Morgan fingerprint density at radius 2 is 1.89 bits per heavy atom. The number of methoxy groups -OCH3 is 1. The SMILES string of the molecule is CCOc1cc(NC(=NC)NC2CC2c2c(F)cccc2F)ccc1OC.I. The second-order valence-electron chi connectivity index (χ2n) is 6.22. The molecule has 3 rings (SSSR count). The number of hydrogen-bond donors (Lipinski definition) is 2. The van der Waals surface area contributed by atoms with E-state index in [9.17, 15) is 8.78 Å². The zero-order valence-corrected chi connectivity index (χ0v) is 18.3. The molecule has 0 aliphatic heterocycles. The van der Waals surface area contributed by atoms with E-state index >= 15 is 0 Å². The summed E-state index contributed by atoms with van der Waals surface area (Å²) < 4.78 is 38.7. The van der Waals surface area contributed by atoms with Crippen LogP contribution in [0.2, 0.25) is 0 Å². The summed E-state index contributed by atoms with van der Waals surface area (Å²) >= 11 is 0. The van der Waals surface area contributed by atoms with E-state index in [2.05, 4.69) is 15.6 Å². The maximum atomic E-state index is 13.9. The van der Waals surface area contributed by atoms with Crippen molar-refractivity contribution in [3.8, 4) is 11.5 Å². The van der Waals surface area contributed by atoms with E-state index in [1.165, 1.54) is 18.2 Å². The molecule has 1 aliphatic carbocycles. The van der Waals surface area contributed by atoms with Crippen molar-refractivity contribution in [3.05, 3.63) is 53.6 Å². The normalized spacial score (nSPS) is 18.1. The Balaban J connectivity index is 0.00000280. The van der Waals surface area contributed by atoms with Gasteiger partial charge in [0.15, 0.2) is 17.5 Å². The molecule has 2 aromatic carbocycles. The van der Waals surface area contributed by atoms with Gasteiger partial charge in [-0.3, -0.25) is 4.99 Å². The number of aliphatic imine (C=N–C) groups is 1. The van der Waals surface area contributed by atoms with Crippen LogP contribution in [0.3, 0.4) is 0 Å². The van der Waals surface area contributed by atoms with Crippen LogP contribution in [0.5, 0.6) is 11.5 Å². The van der Waals surface area contributed by atoms with Gasteiger partial charge in [-0.05, 0) is 37.6 Å². The van der Waals surface area contributed by atoms with Gasteiger partial charge in [-0.25, -0.2) is 8.78 Å². The monoisotopic (exact) mass is 503 g/mol. The molecule has 1 saturated carbocycles. The average Bonchev–Trinajstić information content (AvgIpc) is 3.40. The van der Waals surface area contributed by atoms with Crippen LogP contribution in [-0.4, -0.2) is 32.8 Å². The van der Waals surface area contributed by atoms with Crippen molar-refractivity contribution >= 4 is 35.6 Å². The Kier molecular flexibility index (Phi) is 7.85. The molecule has 0 bridgehead atoms. The molecule has 0 saturated heterocycles. The summed E-state index contributed by atoms with van der Waals surface area (Å²) in [5.74, 6) is 0.555. The van der Waals surface area contributed by atoms with Crippen molar-refractivity contribution in [2.45, 2.75) is 25.3 Å². The molecule has 0 spiro atoms. The molecule has 28 heavy (non-hydrogen) atoms. The van der Waals surface area contributed by atoms with Gasteiger partial charge in [-0.2, -0.15) is 0 Å². The van der Waals surface area contributed by atoms with E-state index in [0.29, 0.717) is 30.5 Å². The molecule has 0 radical (unpaired) electrons. The van der Waals surface area contributed by atoms with E-state index in [1.54, 1.807) is 20.2 Å². The Morgan fingerprint density at radius 1 is 1.18 bits per heavy atom. The van der Waals surface area contributed by atoms with Crippen LogP contribution in [0.15, 0.2) is 41.4 Å². The lowest BCUT2D eigenvalue weighted by atomic mass is 10.1. The Bertz CT molecular complexity index is 828. The molecule has 1 aliphatic rings. The quantitative estimate of drug-likeness (QED) is 0.346. The van der Waals surface area contributed by atoms with Crippen LogP contribution in [0.4, 0.5) is 14.5 Å². The molecule has 0 amide bonds. The summed E-state index contributed by atoms with van der Waals surface area (Å²) in [6.07, 6.45) is 0.644. The summed E-state index contributed by atoms with van der Waals surface area (Å²) in [6, 6.07) is 9.33. The molecule has 0 heterocycles. The predicted molar refractivity (Wildman–Crippen MR) is 117 cm³/mol. The van der Waals surface area contributed by atoms with Crippen molar-refractivity contribution in [3.63, 3.8) is 0 Å². The van der Waals surface area contributed by atoms with Gasteiger partial charge in [0.1, 0.15) is 11.6 Å². The van der Waals surface area contributed by atoms with Gasteiger partial charge < -0.3 is 20.1 Å². The highest BCUT2D eigenvalue weighted by molar-refractivity contribution is 14.0. The van der Waals surface area contributed by atoms with Gasteiger partial charge in [0.05, 0.1) is 13.7 Å². The van der Waals surface area contributed by atoms with E-state index < -0.39 is 11.6 Å². The van der Waals surface area contributed by atoms with Crippen molar-refractivity contribution in [2.75, 3.05) is 26.1 Å². The Hall–Kier alpha value is -2.10. The third kappa shape index (κ3) is 5.03. The lowest BCUT2D eigenvalue weighted by Gasteiger charge is -2.15. The average molecular weight is 503 g/mol. The number of hydrogen-bond acceptors (Lipinski definition) is 3. The predicted octanol–water partition coefficient (Wildman–Crippen LogP) is 4.53. The molecule has 0 aromatic heterocycles. The third-order valence-electron chi connectivity index (χ3n) is 4.43. The Labute approximate surface area is 180 Å². The number of ether oxygens (including phenoxy) is 2. The zero-order valence-electron chi connectivity index (χ0n) is 16.0. The molecule has 2 atom stereocenters. The fourth-order valence-electron chi connectivity index (χ4n) is 3.03. The van der Waals surface area contributed by atoms with E-state index in [1.807, 2.05) is 19.1 Å². The smallest absolute Gasteiger partial charge is 0.195 e.